The standard InChI is InChI=1S/C17H18N4O4/c1-2-5-13-18-14(25-20-13)10-21-15(22)17(19-16(21)23)8-9-24-12-7-4-3-6-11(12)17/h3-4,6-7H,2,5,8-10H2,1H3,(H,19,23)/t17-/m1/s1. The van der Waals surface area contributed by atoms with E-state index in [2.05, 4.69) is 15.5 Å². The number of amides is 3. The van der Waals surface area contributed by atoms with Gasteiger partial charge in [0.05, 0.1) is 6.61 Å². The van der Waals surface area contributed by atoms with Gasteiger partial charge >= 0.3 is 6.03 Å². The number of fused-ring (bicyclic) bond motifs is 2. The molecule has 2 aliphatic rings. The quantitative estimate of drug-likeness (QED) is 0.850. The normalized spacial score (nSPS) is 22.0. The Labute approximate surface area is 144 Å². The Hall–Kier alpha value is -2.90. The molecule has 4 rings (SSSR count). The van der Waals surface area contributed by atoms with Gasteiger partial charge in [0, 0.05) is 18.4 Å². The molecule has 8 nitrogen and oxygen atoms in total. The van der Waals surface area contributed by atoms with Crippen molar-refractivity contribution in [2.75, 3.05) is 6.61 Å². The van der Waals surface area contributed by atoms with E-state index in [1.807, 2.05) is 25.1 Å². The van der Waals surface area contributed by atoms with Gasteiger partial charge in [-0.15, -0.1) is 0 Å². The lowest BCUT2D eigenvalue weighted by Gasteiger charge is -2.33. The van der Waals surface area contributed by atoms with Crippen molar-refractivity contribution in [2.24, 2.45) is 0 Å². The largest absolute Gasteiger partial charge is 0.493 e. The van der Waals surface area contributed by atoms with Gasteiger partial charge in [-0.25, -0.2) is 4.79 Å². The molecule has 8 heteroatoms. The number of imide groups is 1. The minimum atomic E-state index is -1.09. The second-order valence-electron chi connectivity index (χ2n) is 6.18. The molecule has 1 spiro atoms. The fourth-order valence-electron chi connectivity index (χ4n) is 3.33. The molecule has 2 aliphatic heterocycles. The van der Waals surface area contributed by atoms with Crippen LogP contribution < -0.4 is 10.1 Å². The van der Waals surface area contributed by atoms with Crippen molar-refractivity contribution in [3.8, 4) is 5.75 Å². The molecule has 1 saturated heterocycles. The molecule has 25 heavy (non-hydrogen) atoms. The van der Waals surface area contributed by atoms with Gasteiger partial charge in [0.25, 0.3) is 5.91 Å². The van der Waals surface area contributed by atoms with Crippen LogP contribution in [0.4, 0.5) is 4.79 Å². The molecule has 1 fully saturated rings. The van der Waals surface area contributed by atoms with Crippen LogP contribution in [0.25, 0.3) is 0 Å². The van der Waals surface area contributed by atoms with E-state index in [0.29, 0.717) is 36.6 Å². The summed E-state index contributed by atoms with van der Waals surface area (Å²) in [6, 6.07) is 6.81. The Morgan fingerprint density at radius 2 is 2.16 bits per heavy atom. The van der Waals surface area contributed by atoms with Gasteiger partial charge in [-0.2, -0.15) is 4.98 Å². The van der Waals surface area contributed by atoms with E-state index in [1.165, 1.54) is 0 Å². The Morgan fingerprint density at radius 1 is 1.32 bits per heavy atom. The molecule has 3 amide bonds. The molecule has 3 heterocycles. The molecule has 130 valence electrons. The number of carbonyl (C=O) groups excluding carboxylic acids is 2. The van der Waals surface area contributed by atoms with Gasteiger partial charge in [0.1, 0.15) is 12.3 Å². The monoisotopic (exact) mass is 342 g/mol. The van der Waals surface area contributed by atoms with Crippen molar-refractivity contribution in [3.63, 3.8) is 0 Å². The third-order valence-electron chi connectivity index (χ3n) is 4.53. The molecule has 0 aliphatic carbocycles. The number of rotatable bonds is 4. The second kappa shape index (κ2) is 5.87. The van der Waals surface area contributed by atoms with Gasteiger partial charge in [0.15, 0.2) is 11.4 Å². The predicted molar refractivity (Wildman–Crippen MR) is 85.6 cm³/mol. The zero-order valence-electron chi connectivity index (χ0n) is 13.8. The molecule has 0 unspecified atom stereocenters. The number of hydrogen-bond acceptors (Lipinski definition) is 6. The van der Waals surface area contributed by atoms with Crippen molar-refractivity contribution in [1.82, 2.24) is 20.4 Å². The highest BCUT2D eigenvalue weighted by Crippen LogP contribution is 2.41. The van der Waals surface area contributed by atoms with E-state index in [-0.39, 0.29) is 18.3 Å². The summed E-state index contributed by atoms with van der Waals surface area (Å²) in [7, 11) is 0. The van der Waals surface area contributed by atoms with E-state index < -0.39 is 11.6 Å². The van der Waals surface area contributed by atoms with Crippen molar-refractivity contribution < 1.29 is 18.8 Å². The molecular weight excluding hydrogens is 324 g/mol. The SMILES string of the molecule is CCCc1noc(CN2C(=O)N[C@@]3(CCOc4ccccc43)C2=O)n1. The number of nitrogens with one attached hydrogen (secondary N) is 1. The zero-order valence-corrected chi connectivity index (χ0v) is 13.8. The van der Waals surface area contributed by atoms with Crippen LogP contribution in [-0.4, -0.2) is 33.6 Å². The average molecular weight is 342 g/mol. The van der Waals surface area contributed by atoms with Crippen LogP contribution in [0.5, 0.6) is 5.75 Å². The lowest BCUT2D eigenvalue weighted by atomic mass is 9.84. The summed E-state index contributed by atoms with van der Waals surface area (Å²) in [5.41, 5.74) is -0.405. The highest BCUT2D eigenvalue weighted by atomic mass is 16.5. The molecule has 0 bridgehead atoms. The summed E-state index contributed by atoms with van der Waals surface area (Å²) >= 11 is 0. The molecule has 1 N–H and O–H groups in total. The van der Waals surface area contributed by atoms with E-state index in [9.17, 15) is 9.59 Å². The third kappa shape index (κ3) is 2.45. The summed E-state index contributed by atoms with van der Waals surface area (Å²) in [6.07, 6.45) is 1.97. The number of hydrogen-bond donors (Lipinski definition) is 1. The number of para-hydroxylation sites is 1. The van der Waals surface area contributed by atoms with Crippen LogP contribution in [0.15, 0.2) is 28.8 Å². The van der Waals surface area contributed by atoms with Gasteiger partial charge in [0.2, 0.25) is 5.89 Å². The molecule has 1 aromatic carbocycles. The van der Waals surface area contributed by atoms with Crippen molar-refractivity contribution in [3.05, 3.63) is 41.5 Å². The molecular formula is C17H18N4O4. The smallest absolute Gasteiger partial charge is 0.325 e. The minimum Gasteiger partial charge on any atom is -0.493 e. The number of benzene rings is 1. The van der Waals surface area contributed by atoms with Crippen LogP contribution in [0.2, 0.25) is 0 Å². The van der Waals surface area contributed by atoms with Crippen molar-refractivity contribution >= 4 is 11.9 Å². The first-order chi connectivity index (χ1) is 12.1. The number of urea groups is 1. The summed E-state index contributed by atoms with van der Waals surface area (Å²) in [4.78, 5) is 30.9. The Bertz CT molecular complexity index is 834. The van der Waals surface area contributed by atoms with Gasteiger partial charge in [-0.05, 0) is 12.5 Å². The first-order valence-electron chi connectivity index (χ1n) is 8.32. The number of nitrogens with zero attached hydrogens (tertiary/aromatic N) is 3. The maximum Gasteiger partial charge on any atom is 0.325 e. The molecule has 1 atom stereocenters. The Balaban J connectivity index is 1.62. The van der Waals surface area contributed by atoms with Crippen LogP contribution in [-0.2, 0) is 23.3 Å². The maximum atomic E-state index is 13.1. The van der Waals surface area contributed by atoms with E-state index >= 15 is 0 Å². The highest BCUT2D eigenvalue weighted by molar-refractivity contribution is 6.07. The summed E-state index contributed by atoms with van der Waals surface area (Å²) in [6.45, 7) is 2.34. The van der Waals surface area contributed by atoms with Gasteiger partial charge in [-0.3, -0.25) is 9.69 Å². The molecule has 0 radical (unpaired) electrons. The van der Waals surface area contributed by atoms with E-state index in [4.69, 9.17) is 9.26 Å². The molecule has 2 aromatic rings. The van der Waals surface area contributed by atoms with Crippen molar-refractivity contribution in [2.45, 2.75) is 38.3 Å². The fourth-order valence-corrected chi connectivity index (χ4v) is 3.33. The molecule has 1 aromatic heterocycles. The van der Waals surface area contributed by atoms with Crippen LogP contribution in [0.1, 0.15) is 37.0 Å². The number of aromatic nitrogens is 2. The Kier molecular flexibility index (Phi) is 3.67. The van der Waals surface area contributed by atoms with Crippen LogP contribution >= 0.6 is 0 Å². The third-order valence-corrected chi connectivity index (χ3v) is 4.53. The Morgan fingerprint density at radius 3 is 3.00 bits per heavy atom. The summed E-state index contributed by atoms with van der Waals surface area (Å²) in [5, 5.41) is 6.71. The number of ether oxygens (including phenoxy) is 1. The fraction of sp³-hybridized carbons (Fsp3) is 0.412. The highest BCUT2D eigenvalue weighted by Gasteiger charge is 2.55. The second-order valence-corrected chi connectivity index (χ2v) is 6.18. The van der Waals surface area contributed by atoms with Crippen LogP contribution in [0.3, 0.4) is 0 Å². The maximum absolute atomic E-state index is 13.1. The van der Waals surface area contributed by atoms with Crippen LogP contribution in [0, 0.1) is 0 Å². The lowest BCUT2D eigenvalue weighted by Crippen LogP contribution is -2.47. The first kappa shape index (κ1) is 15.6. The number of aryl methyl sites for hydroxylation is 1. The van der Waals surface area contributed by atoms with E-state index in [1.54, 1.807) is 6.07 Å². The summed E-state index contributed by atoms with van der Waals surface area (Å²) in [5.74, 6) is 1.13. The minimum absolute atomic E-state index is 0.0356. The topological polar surface area (TPSA) is 97.6 Å². The zero-order chi connectivity index (χ0) is 17.4. The van der Waals surface area contributed by atoms with Gasteiger partial charge < -0.3 is 14.6 Å². The summed E-state index contributed by atoms with van der Waals surface area (Å²) < 4.78 is 10.8. The average Bonchev–Trinajstić information content (AvgIpc) is 3.15. The van der Waals surface area contributed by atoms with E-state index in [0.717, 1.165) is 11.3 Å². The number of carbonyl (C=O) groups is 2. The van der Waals surface area contributed by atoms with Gasteiger partial charge in [-0.1, -0.05) is 30.3 Å². The lowest BCUT2D eigenvalue weighted by molar-refractivity contribution is -0.133. The first-order valence-corrected chi connectivity index (χ1v) is 8.32. The van der Waals surface area contributed by atoms with Crippen molar-refractivity contribution in [1.29, 1.82) is 0 Å². The molecule has 0 saturated carbocycles. The predicted octanol–water partition coefficient (Wildman–Crippen LogP) is 1.75.